The quantitative estimate of drug-likeness (QED) is 0.609. The van der Waals surface area contributed by atoms with Gasteiger partial charge in [0.05, 0.1) is 25.3 Å². The number of hydrogen-bond acceptors (Lipinski definition) is 6. The zero-order valence-electron chi connectivity index (χ0n) is 14.1. The van der Waals surface area contributed by atoms with Gasteiger partial charge in [-0.2, -0.15) is 4.98 Å². The maximum Gasteiger partial charge on any atom is 0.274 e. The fraction of sp³-hybridized carbons (Fsp3) is 0.111. The average molecular weight is 349 g/mol. The first-order valence-electron chi connectivity index (χ1n) is 7.84. The molecule has 0 aliphatic carbocycles. The summed E-state index contributed by atoms with van der Waals surface area (Å²) in [6, 6.07) is 12.6. The lowest BCUT2D eigenvalue weighted by atomic mass is 10.3. The molecule has 0 spiro atoms. The Labute approximate surface area is 148 Å². The van der Waals surface area contributed by atoms with Gasteiger partial charge in [0, 0.05) is 12.3 Å². The van der Waals surface area contributed by atoms with Gasteiger partial charge in [-0.3, -0.25) is 9.20 Å². The highest BCUT2D eigenvalue weighted by molar-refractivity contribution is 6.03. The maximum atomic E-state index is 12.6. The molecular weight excluding hydrogens is 334 g/mol. The van der Waals surface area contributed by atoms with Crippen molar-refractivity contribution in [2.75, 3.05) is 19.5 Å². The zero-order chi connectivity index (χ0) is 18.1. The number of anilines is 1. The van der Waals surface area contributed by atoms with Crippen LogP contribution >= 0.6 is 0 Å². The number of carbonyl (C=O) groups is 1. The van der Waals surface area contributed by atoms with E-state index in [1.165, 1.54) is 14.2 Å². The molecule has 3 heterocycles. The molecule has 0 saturated carbocycles. The summed E-state index contributed by atoms with van der Waals surface area (Å²) in [5.41, 5.74) is 2.42. The molecule has 8 nitrogen and oxygen atoms in total. The van der Waals surface area contributed by atoms with E-state index < -0.39 is 0 Å². The summed E-state index contributed by atoms with van der Waals surface area (Å²) in [4.78, 5) is 25.5. The van der Waals surface area contributed by atoms with Crippen molar-refractivity contribution in [2.45, 2.75) is 0 Å². The van der Waals surface area contributed by atoms with Crippen LogP contribution in [0.1, 0.15) is 10.5 Å². The Balaban J connectivity index is 1.67. The fourth-order valence-corrected chi connectivity index (χ4v) is 2.65. The van der Waals surface area contributed by atoms with Crippen LogP contribution in [0.4, 0.5) is 5.69 Å². The molecule has 3 aromatic heterocycles. The van der Waals surface area contributed by atoms with Crippen LogP contribution < -0.4 is 14.8 Å². The van der Waals surface area contributed by atoms with E-state index in [-0.39, 0.29) is 17.5 Å². The van der Waals surface area contributed by atoms with E-state index in [4.69, 9.17) is 9.47 Å². The number of hydrogen-bond donors (Lipinski definition) is 1. The van der Waals surface area contributed by atoms with E-state index in [2.05, 4.69) is 20.3 Å². The van der Waals surface area contributed by atoms with Crippen molar-refractivity contribution in [1.29, 1.82) is 0 Å². The predicted octanol–water partition coefficient (Wildman–Crippen LogP) is 2.55. The van der Waals surface area contributed by atoms with Gasteiger partial charge in [-0.05, 0) is 24.3 Å². The largest absolute Gasteiger partial charge is 0.481 e. The molecular formula is C18H15N5O3. The van der Waals surface area contributed by atoms with Gasteiger partial charge in [0.2, 0.25) is 17.5 Å². The number of para-hydroxylation sites is 2. The van der Waals surface area contributed by atoms with Gasteiger partial charge in [0.25, 0.3) is 5.91 Å². The summed E-state index contributed by atoms with van der Waals surface area (Å²) < 4.78 is 12.1. The van der Waals surface area contributed by atoms with Crippen LogP contribution in [0.15, 0.2) is 48.7 Å². The molecule has 0 aliphatic heterocycles. The minimum atomic E-state index is -0.384. The number of carbonyl (C=O) groups excluding carboxylic acids is 1. The van der Waals surface area contributed by atoms with Gasteiger partial charge in [0.15, 0.2) is 0 Å². The topological polar surface area (TPSA) is 90.6 Å². The van der Waals surface area contributed by atoms with Crippen molar-refractivity contribution in [3.05, 3.63) is 54.4 Å². The second-order valence-electron chi connectivity index (χ2n) is 5.45. The van der Waals surface area contributed by atoms with Crippen LogP contribution in [0.3, 0.4) is 0 Å². The van der Waals surface area contributed by atoms with Crippen molar-refractivity contribution in [3.63, 3.8) is 0 Å². The number of methoxy groups -OCH3 is 2. The minimum Gasteiger partial charge on any atom is -0.481 e. The Morgan fingerprint density at radius 1 is 1.00 bits per heavy atom. The van der Waals surface area contributed by atoms with E-state index in [0.717, 1.165) is 11.0 Å². The zero-order valence-corrected chi connectivity index (χ0v) is 14.1. The highest BCUT2D eigenvalue weighted by atomic mass is 16.5. The summed E-state index contributed by atoms with van der Waals surface area (Å²) >= 11 is 0. The van der Waals surface area contributed by atoms with Crippen molar-refractivity contribution >= 4 is 28.4 Å². The van der Waals surface area contributed by atoms with Gasteiger partial charge in [-0.25, -0.2) is 9.97 Å². The second kappa shape index (κ2) is 6.32. The number of pyridine rings is 1. The van der Waals surface area contributed by atoms with Gasteiger partial charge in [-0.15, -0.1) is 0 Å². The lowest BCUT2D eigenvalue weighted by Crippen LogP contribution is -2.15. The Morgan fingerprint density at radius 3 is 2.65 bits per heavy atom. The standard InChI is InChI=1S/C18H15N5O3/c1-25-15-8-7-13(17(22-15)26-2)19-16(24)12-9-10-23-14-6-4-3-5-11(14)20-18(23)21-12/h3-10H,1-2H3,(H,19,24). The van der Waals surface area contributed by atoms with Gasteiger partial charge >= 0.3 is 0 Å². The number of rotatable bonds is 4. The number of ether oxygens (including phenoxy) is 2. The highest BCUT2D eigenvalue weighted by Gasteiger charge is 2.15. The van der Waals surface area contributed by atoms with E-state index in [0.29, 0.717) is 17.3 Å². The molecule has 0 saturated heterocycles. The number of aromatic nitrogens is 4. The Morgan fingerprint density at radius 2 is 1.85 bits per heavy atom. The van der Waals surface area contributed by atoms with E-state index >= 15 is 0 Å². The molecule has 0 aliphatic rings. The number of fused-ring (bicyclic) bond motifs is 3. The third-order valence-corrected chi connectivity index (χ3v) is 3.90. The average Bonchev–Trinajstić information content (AvgIpc) is 3.06. The fourth-order valence-electron chi connectivity index (χ4n) is 2.65. The van der Waals surface area contributed by atoms with Crippen LogP contribution in [0.2, 0.25) is 0 Å². The summed E-state index contributed by atoms with van der Waals surface area (Å²) in [6.45, 7) is 0. The van der Waals surface area contributed by atoms with E-state index in [1.807, 2.05) is 28.7 Å². The Hall–Kier alpha value is -3.68. The van der Waals surface area contributed by atoms with Gasteiger partial charge in [0.1, 0.15) is 11.4 Å². The SMILES string of the molecule is COc1ccc(NC(=O)c2ccn3c(n2)nc2ccccc23)c(OC)n1. The summed E-state index contributed by atoms with van der Waals surface area (Å²) in [7, 11) is 2.98. The van der Waals surface area contributed by atoms with Crippen LogP contribution in [0.5, 0.6) is 11.8 Å². The number of nitrogens with zero attached hydrogens (tertiary/aromatic N) is 4. The number of amides is 1. The molecule has 0 atom stereocenters. The third kappa shape index (κ3) is 2.67. The molecule has 0 unspecified atom stereocenters. The number of nitrogens with one attached hydrogen (secondary N) is 1. The molecule has 4 rings (SSSR count). The Kier molecular flexibility index (Phi) is 3.85. The molecule has 1 N–H and O–H groups in total. The van der Waals surface area contributed by atoms with E-state index in [1.54, 1.807) is 24.4 Å². The van der Waals surface area contributed by atoms with Crippen molar-refractivity contribution < 1.29 is 14.3 Å². The summed E-state index contributed by atoms with van der Waals surface area (Å²) in [5.74, 6) is 0.720. The van der Waals surface area contributed by atoms with Crippen molar-refractivity contribution in [3.8, 4) is 11.8 Å². The van der Waals surface area contributed by atoms with Crippen LogP contribution in [0, 0.1) is 0 Å². The van der Waals surface area contributed by atoms with Crippen LogP contribution in [-0.4, -0.2) is 39.5 Å². The molecule has 26 heavy (non-hydrogen) atoms. The molecule has 0 fully saturated rings. The maximum absolute atomic E-state index is 12.6. The third-order valence-electron chi connectivity index (χ3n) is 3.90. The predicted molar refractivity (Wildman–Crippen MR) is 95.8 cm³/mol. The molecule has 0 bridgehead atoms. The number of benzene rings is 1. The monoisotopic (exact) mass is 349 g/mol. The minimum absolute atomic E-state index is 0.241. The van der Waals surface area contributed by atoms with Gasteiger partial charge in [-0.1, -0.05) is 12.1 Å². The first kappa shape index (κ1) is 15.8. The molecule has 8 heteroatoms. The molecule has 130 valence electrons. The normalized spacial score (nSPS) is 10.8. The molecule has 4 aromatic rings. The van der Waals surface area contributed by atoms with Crippen molar-refractivity contribution in [1.82, 2.24) is 19.4 Å². The second-order valence-corrected chi connectivity index (χ2v) is 5.45. The molecule has 1 amide bonds. The first-order chi connectivity index (χ1) is 12.7. The van der Waals surface area contributed by atoms with Crippen molar-refractivity contribution in [2.24, 2.45) is 0 Å². The number of imidazole rings is 1. The first-order valence-corrected chi connectivity index (χ1v) is 7.84. The van der Waals surface area contributed by atoms with Gasteiger partial charge < -0.3 is 14.8 Å². The Bertz CT molecular complexity index is 1120. The molecule has 1 aromatic carbocycles. The highest BCUT2D eigenvalue weighted by Crippen LogP contribution is 2.25. The summed E-state index contributed by atoms with van der Waals surface area (Å²) in [5, 5.41) is 2.75. The smallest absolute Gasteiger partial charge is 0.274 e. The lowest BCUT2D eigenvalue weighted by Gasteiger charge is -2.10. The molecule has 0 radical (unpaired) electrons. The summed E-state index contributed by atoms with van der Waals surface area (Å²) in [6.07, 6.45) is 1.77. The van der Waals surface area contributed by atoms with E-state index in [9.17, 15) is 4.79 Å². The van der Waals surface area contributed by atoms with Crippen LogP contribution in [0.25, 0.3) is 16.8 Å². The van der Waals surface area contributed by atoms with Crippen LogP contribution in [-0.2, 0) is 0 Å². The lowest BCUT2D eigenvalue weighted by molar-refractivity contribution is 0.102.